The van der Waals surface area contributed by atoms with E-state index in [1.54, 1.807) is 0 Å². The number of amides is 1. The molecule has 4 aliphatic rings. The maximum Gasteiger partial charge on any atom is 0.253 e. The van der Waals surface area contributed by atoms with E-state index in [0.717, 1.165) is 30.8 Å². The summed E-state index contributed by atoms with van der Waals surface area (Å²) in [6, 6.07) is 0.493. The first-order valence-electron chi connectivity index (χ1n) is 8.94. The number of ether oxygens (including phenoxy) is 1. The van der Waals surface area contributed by atoms with Gasteiger partial charge in [0.25, 0.3) is 5.91 Å². The lowest BCUT2D eigenvalue weighted by molar-refractivity contribution is -0.146. The molecule has 2 aliphatic heterocycles. The Kier molecular flexibility index (Phi) is 3.92. The van der Waals surface area contributed by atoms with Crippen molar-refractivity contribution in [2.45, 2.75) is 57.1 Å². The van der Waals surface area contributed by atoms with Gasteiger partial charge < -0.3 is 15.0 Å². The molecule has 118 valence electrons. The van der Waals surface area contributed by atoms with Crippen LogP contribution in [0.2, 0.25) is 0 Å². The molecule has 21 heavy (non-hydrogen) atoms. The Balaban J connectivity index is 1.37. The van der Waals surface area contributed by atoms with E-state index in [9.17, 15) is 4.79 Å². The predicted molar refractivity (Wildman–Crippen MR) is 80.9 cm³/mol. The summed E-state index contributed by atoms with van der Waals surface area (Å²) in [7, 11) is 0. The van der Waals surface area contributed by atoms with E-state index < -0.39 is 0 Å². The summed E-state index contributed by atoms with van der Waals surface area (Å²) < 4.78 is 5.67. The summed E-state index contributed by atoms with van der Waals surface area (Å²) in [6.07, 6.45) is 9.23. The number of hydrogen-bond acceptors (Lipinski definition) is 3. The molecule has 0 radical (unpaired) electrons. The van der Waals surface area contributed by atoms with Crippen LogP contribution in [0.25, 0.3) is 0 Å². The quantitative estimate of drug-likeness (QED) is 0.862. The SMILES string of the molecule is O=C(C1CNCCO1)N1CCCC1CC1CC2CCC1C2. The van der Waals surface area contributed by atoms with Crippen LogP contribution < -0.4 is 5.32 Å². The van der Waals surface area contributed by atoms with Gasteiger partial charge in [-0.15, -0.1) is 0 Å². The minimum atomic E-state index is -0.237. The average Bonchev–Trinajstić information content (AvgIpc) is 3.24. The lowest BCUT2D eigenvalue weighted by Crippen LogP contribution is -2.51. The molecule has 4 fully saturated rings. The molecule has 2 bridgehead atoms. The molecule has 5 unspecified atom stereocenters. The van der Waals surface area contributed by atoms with E-state index in [-0.39, 0.29) is 12.0 Å². The highest BCUT2D eigenvalue weighted by Gasteiger charge is 2.42. The molecule has 1 amide bonds. The van der Waals surface area contributed by atoms with Gasteiger partial charge in [0.1, 0.15) is 6.10 Å². The fourth-order valence-corrected chi connectivity index (χ4v) is 5.29. The van der Waals surface area contributed by atoms with Crippen LogP contribution in [0.3, 0.4) is 0 Å². The van der Waals surface area contributed by atoms with Crippen LogP contribution in [0.5, 0.6) is 0 Å². The number of fused-ring (bicyclic) bond motifs is 2. The Morgan fingerprint density at radius 2 is 2.19 bits per heavy atom. The van der Waals surface area contributed by atoms with E-state index in [0.29, 0.717) is 19.2 Å². The van der Waals surface area contributed by atoms with Crippen molar-refractivity contribution in [3.8, 4) is 0 Å². The lowest BCUT2D eigenvalue weighted by Gasteiger charge is -2.33. The molecular weight excluding hydrogens is 264 g/mol. The van der Waals surface area contributed by atoms with Crippen molar-refractivity contribution in [3.63, 3.8) is 0 Å². The molecule has 4 rings (SSSR count). The van der Waals surface area contributed by atoms with E-state index in [1.807, 2.05) is 0 Å². The van der Waals surface area contributed by atoms with Crippen molar-refractivity contribution in [1.82, 2.24) is 10.2 Å². The Morgan fingerprint density at radius 3 is 2.90 bits per heavy atom. The topological polar surface area (TPSA) is 41.6 Å². The third kappa shape index (κ3) is 2.72. The van der Waals surface area contributed by atoms with E-state index in [1.165, 1.54) is 44.9 Å². The fourth-order valence-electron chi connectivity index (χ4n) is 5.29. The fraction of sp³-hybridized carbons (Fsp3) is 0.941. The number of carbonyl (C=O) groups excluding carboxylic acids is 1. The monoisotopic (exact) mass is 292 g/mol. The molecule has 0 aromatic carbocycles. The Morgan fingerprint density at radius 1 is 1.24 bits per heavy atom. The highest BCUT2D eigenvalue weighted by atomic mass is 16.5. The van der Waals surface area contributed by atoms with Gasteiger partial charge in [-0.2, -0.15) is 0 Å². The maximum absolute atomic E-state index is 12.7. The molecule has 4 heteroatoms. The van der Waals surface area contributed by atoms with Crippen molar-refractivity contribution in [3.05, 3.63) is 0 Å². The van der Waals surface area contributed by atoms with E-state index in [4.69, 9.17) is 4.74 Å². The third-order valence-electron chi connectivity index (χ3n) is 6.32. The van der Waals surface area contributed by atoms with Crippen LogP contribution in [-0.4, -0.2) is 49.2 Å². The van der Waals surface area contributed by atoms with Crippen molar-refractivity contribution >= 4 is 5.91 Å². The highest BCUT2D eigenvalue weighted by Crippen LogP contribution is 2.50. The third-order valence-corrected chi connectivity index (χ3v) is 6.32. The molecule has 2 saturated heterocycles. The van der Waals surface area contributed by atoms with Gasteiger partial charge in [-0.1, -0.05) is 6.42 Å². The summed E-state index contributed by atoms with van der Waals surface area (Å²) >= 11 is 0. The zero-order valence-corrected chi connectivity index (χ0v) is 12.9. The van der Waals surface area contributed by atoms with Gasteiger partial charge in [0.05, 0.1) is 6.61 Å². The normalized spacial score (nSPS) is 42.7. The molecule has 0 aromatic rings. The van der Waals surface area contributed by atoms with Crippen molar-refractivity contribution in [2.24, 2.45) is 17.8 Å². The van der Waals surface area contributed by atoms with E-state index in [2.05, 4.69) is 10.2 Å². The van der Waals surface area contributed by atoms with Gasteiger partial charge in [0.2, 0.25) is 0 Å². The molecule has 2 aliphatic carbocycles. The molecule has 0 spiro atoms. The Labute approximate surface area is 127 Å². The summed E-state index contributed by atoms with van der Waals surface area (Å²) in [6.45, 7) is 3.18. The molecular formula is C17H28N2O2. The summed E-state index contributed by atoms with van der Waals surface area (Å²) in [5, 5.41) is 3.28. The largest absolute Gasteiger partial charge is 0.366 e. The summed E-state index contributed by atoms with van der Waals surface area (Å²) in [4.78, 5) is 14.9. The second kappa shape index (κ2) is 5.88. The number of carbonyl (C=O) groups is 1. The zero-order chi connectivity index (χ0) is 14.2. The second-order valence-electron chi connectivity index (χ2n) is 7.56. The summed E-state index contributed by atoms with van der Waals surface area (Å²) in [5.74, 6) is 3.12. The van der Waals surface area contributed by atoms with Gasteiger partial charge in [-0.3, -0.25) is 4.79 Å². The minimum Gasteiger partial charge on any atom is -0.366 e. The number of hydrogen-bond donors (Lipinski definition) is 1. The number of nitrogens with one attached hydrogen (secondary N) is 1. The molecule has 5 atom stereocenters. The number of morpholine rings is 1. The first-order chi connectivity index (χ1) is 10.3. The number of rotatable bonds is 3. The average molecular weight is 292 g/mol. The Bertz CT molecular complexity index is 394. The number of likely N-dealkylation sites (tertiary alicyclic amines) is 1. The maximum atomic E-state index is 12.7. The second-order valence-corrected chi connectivity index (χ2v) is 7.56. The van der Waals surface area contributed by atoms with Crippen molar-refractivity contribution in [1.29, 1.82) is 0 Å². The highest BCUT2D eigenvalue weighted by molar-refractivity contribution is 5.82. The smallest absolute Gasteiger partial charge is 0.253 e. The molecule has 4 nitrogen and oxygen atoms in total. The van der Waals surface area contributed by atoms with Crippen LogP contribution in [-0.2, 0) is 9.53 Å². The van der Waals surface area contributed by atoms with Crippen LogP contribution >= 0.6 is 0 Å². The molecule has 0 aromatic heterocycles. The van der Waals surface area contributed by atoms with Gasteiger partial charge in [0, 0.05) is 25.7 Å². The molecule has 2 saturated carbocycles. The van der Waals surface area contributed by atoms with Crippen LogP contribution in [0, 0.1) is 17.8 Å². The Hall–Kier alpha value is -0.610. The van der Waals surface area contributed by atoms with Crippen molar-refractivity contribution < 1.29 is 9.53 Å². The number of nitrogens with zero attached hydrogens (tertiary/aromatic N) is 1. The molecule has 2 heterocycles. The van der Waals surface area contributed by atoms with Gasteiger partial charge in [-0.05, 0) is 56.3 Å². The zero-order valence-electron chi connectivity index (χ0n) is 12.9. The standard InChI is InChI=1S/C17H28N2O2/c20-17(16-11-18-5-7-21-16)19-6-1-2-15(19)10-14-9-12-3-4-13(14)8-12/h12-16,18H,1-11H2. The summed E-state index contributed by atoms with van der Waals surface area (Å²) in [5.41, 5.74) is 0. The van der Waals surface area contributed by atoms with Gasteiger partial charge >= 0.3 is 0 Å². The van der Waals surface area contributed by atoms with Gasteiger partial charge in [0.15, 0.2) is 0 Å². The van der Waals surface area contributed by atoms with Gasteiger partial charge in [-0.25, -0.2) is 0 Å². The minimum absolute atomic E-state index is 0.237. The lowest BCUT2D eigenvalue weighted by atomic mass is 9.83. The predicted octanol–water partition coefficient (Wildman–Crippen LogP) is 1.79. The van der Waals surface area contributed by atoms with Crippen LogP contribution in [0.1, 0.15) is 44.9 Å². The molecule has 1 N–H and O–H groups in total. The van der Waals surface area contributed by atoms with Crippen molar-refractivity contribution in [2.75, 3.05) is 26.2 Å². The van der Waals surface area contributed by atoms with E-state index >= 15 is 0 Å². The first-order valence-corrected chi connectivity index (χ1v) is 8.94. The first kappa shape index (κ1) is 14.0. The van der Waals surface area contributed by atoms with Crippen LogP contribution in [0.4, 0.5) is 0 Å². The van der Waals surface area contributed by atoms with Crippen LogP contribution in [0.15, 0.2) is 0 Å².